The van der Waals surface area contributed by atoms with Crippen LogP contribution in [0, 0.1) is 0 Å². The number of amides is 1. The fraction of sp³-hybridized carbons (Fsp3) is 0.318. The Bertz CT molecular complexity index is 1060. The number of benzene rings is 2. The molecule has 1 aromatic heterocycles. The van der Waals surface area contributed by atoms with Crippen LogP contribution in [0.15, 0.2) is 47.3 Å². The van der Waals surface area contributed by atoms with Gasteiger partial charge >= 0.3 is 0 Å². The van der Waals surface area contributed by atoms with Crippen LogP contribution >= 0.6 is 11.6 Å². The van der Waals surface area contributed by atoms with Crippen LogP contribution in [-0.2, 0) is 17.8 Å². The molecular formula is C22H24ClN3O3. The third-order valence-corrected chi connectivity index (χ3v) is 4.94. The number of carbonyl (C=O) groups excluding carboxylic acids is 1. The number of nitrogens with one attached hydrogen (secondary N) is 1. The molecule has 7 heteroatoms. The summed E-state index contributed by atoms with van der Waals surface area (Å²) in [6, 6.07) is 12.6. The summed E-state index contributed by atoms with van der Waals surface area (Å²) >= 11 is 6.03. The van der Waals surface area contributed by atoms with Gasteiger partial charge in [0.25, 0.3) is 5.56 Å². The van der Waals surface area contributed by atoms with Gasteiger partial charge in [-0.15, -0.1) is 0 Å². The number of H-pyrrole nitrogens is 1. The number of aromatic nitrogens is 2. The summed E-state index contributed by atoms with van der Waals surface area (Å²) in [7, 11) is 1.62. The van der Waals surface area contributed by atoms with Crippen LogP contribution in [0.25, 0.3) is 10.9 Å². The van der Waals surface area contributed by atoms with E-state index < -0.39 is 0 Å². The maximum Gasteiger partial charge on any atom is 0.258 e. The Labute approximate surface area is 174 Å². The molecule has 0 unspecified atom stereocenters. The van der Waals surface area contributed by atoms with Gasteiger partial charge in [0.1, 0.15) is 11.6 Å². The quantitative estimate of drug-likeness (QED) is 0.606. The highest BCUT2D eigenvalue weighted by Crippen LogP contribution is 2.20. The Morgan fingerprint density at radius 2 is 2.03 bits per heavy atom. The Kier molecular flexibility index (Phi) is 6.88. The van der Waals surface area contributed by atoms with Crippen molar-refractivity contribution in [2.24, 2.45) is 0 Å². The summed E-state index contributed by atoms with van der Waals surface area (Å²) in [5.74, 6) is 1.23. The standard InChI is InChI=1S/C22H24ClN3O3/c1-3-12-26(21(27)11-8-15-6-4-5-7-19(15)29-2)14-20-24-18-13-16(23)9-10-17(18)22(28)25-20/h4-7,9-10,13H,3,8,11-12,14H2,1-2H3,(H,24,25,28). The number of carbonyl (C=O) groups is 1. The lowest BCUT2D eigenvalue weighted by Gasteiger charge is -2.22. The molecule has 0 radical (unpaired) electrons. The van der Waals surface area contributed by atoms with E-state index in [-0.39, 0.29) is 18.0 Å². The van der Waals surface area contributed by atoms with Crippen molar-refractivity contribution < 1.29 is 9.53 Å². The number of rotatable bonds is 8. The number of nitrogens with zero attached hydrogens (tertiary/aromatic N) is 2. The van der Waals surface area contributed by atoms with Gasteiger partial charge in [-0.2, -0.15) is 0 Å². The van der Waals surface area contributed by atoms with Gasteiger partial charge in [-0.05, 0) is 42.7 Å². The maximum absolute atomic E-state index is 12.9. The molecule has 1 heterocycles. The minimum absolute atomic E-state index is 0.00611. The molecule has 0 bridgehead atoms. The highest BCUT2D eigenvalue weighted by Gasteiger charge is 2.16. The summed E-state index contributed by atoms with van der Waals surface area (Å²) < 4.78 is 5.36. The summed E-state index contributed by atoms with van der Waals surface area (Å²) in [6.45, 7) is 2.84. The molecular weight excluding hydrogens is 390 g/mol. The van der Waals surface area contributed by atoms with Crippen molar-refractivity contribution in [3.63, 3.8) is 0 Å². The van der Waals surface area contributed by atoms with Crippen molar-refractivity contribution in [3.05, 3.63) is 69.2 Å². The fourth-order valence-electron chi connectivity index (χ4n) is 3.29. The number of ether oxygens (including phenoxy) is 1. The molecule has 0 aliphatic carbocycles. The van der Waals surface area contributed by atoms with Gasteiger partial charge in [-0.3, -0.25) is 9.59 Å². The molecule has 2 aromatic carbocycles. The molecule has 0 aliphatic rings. The summed E-state index contributed by atoms with van der Waals surface area (Å²) in [4.78, 5) is 34.2. The number of hydrogen-bond donors (Lipinski definition) is 1. The first-order chi connectivity index (χ1) is 14.0. The number of methoxy groups -OCH3 is 1. The number of fused-ring (bicyclic) bond motifs is 1. The van der Waals surface area contributed by atoms with Gasteiger partial charge in [-0.1, -0.05) is 36.7 Å². The first-order valence-corrected chi connectivity index (χ1v) is 9.97. The normalized spacial score (nSPS) is 10.9. The number of aryl methyl sites for hydroxylation is 1. The first-order valence-electron chi connectivity index (χ1n) is 9.60. The van der Waals surface area contributed by atoms with Crippen molar-refractivity contribution >= 4 is 28.4 Å². The lowest BCUT2D eigenvalue weighted by atomic mass is 10.1. The summed E-state index contributed by atoms with van der Waals surface area (Å²) in [5, 5.41) is 0.988. The zero-order chi connectivity index (χ0) is 20.8. The molecule has 29 heavy (non-hydrogen) atoms. The molecule has 0 aliphatic heterocycles. The van der Waals surface area contributed by atoms with Crippen molar-refractivity contribution in [2.45, 2.75) is 32.7 Å². The van der Waals surface area contributed by atoms with Gasteiger partial charge in [0, 0.05) is 18.0 Å². The van der Waals surface area contributed by atoms with Crippen LogP contribution in [0.2, 0.25) is 5.02 Å². The van der Waals surface area contributed by atoms with Gasteiger partial charge in [0.05, 0.1) is 24.6 Å². The minimum atomic E-state index is -0.236. The second-order valence-corrected chi connectivity index (χ2v) is 7.24. The smallest absolute Gasteiger partial charge is 0.258 e. The van der Waals surface area contributed by atoms with Crippen LogP contribution in [0.4, 0.5) is 0 Å². The molecule has 0 spiro atoms. The van der Waals surface area contributed by atoms with Crippen LogP contribution < -0.4 is 10.3 Å². The Hall–Kier alpha value is -2.86. The third kappa shape index (κ3) is 5.15. The molecule has 0 saturated carbocycles. The lowest BCUT2D eigenvalue weighted by Crippen LogP contribution is -2.33. The van der Waals surface area contributed by atoms with E-state index in [0.717, 1.165) is 17.7 Å². The first kappa shape index (κ1) is 20.9. The summed E-state index contributed by atoms with van der Waals surface area (Å²) in [6.07, 6.45) is 1.74. The molecule has 6 nitrogen and oxygen atoms in total. The maximum atomic E-state index is 12.9. The number of halogens is 1. The van der Waals surface area contributed by atoms with Crippen LogP contribution in [0.1, 0.15) is 31.2 Å². The zero-order valence-electron chi connectivity index (χ0n) is 16.6. The van der Waals surface area contributed by atoms with Crippen LogP contribution in [0.3, 0.4) is 0 Å². The van der Waals surface area contributed by atoms with Crippen LogP contribution in [-0.4, -0.2) is 34.4 Å². The minimum Gasteiger partial charge on any atom is -0.496 e. The monoisotopic (exact) mass is 413 g/mol. The number of aromatic amines is 1. The highest BCUT2D eigenvalue weighted by molar-refractivity contribution is 6.31. The predicted molar refractivity (Wildman–Crippen MR) is 114 cm³/mol. The lowest BCUT2D eigenvalue weighted by molar-refractivity contribution is -0.131. The van der Waals surface area contributed by atoms with E-state index >= 15 is 0 Å². The van der Waals surface area contributed by atoms with Gasteiger partial charge in [-0.25, -0.2) is 4.98 Å². The molecule has 0 saturated heterocycles. The molecule has 152 valence electrons. The SMILES string of the molecule is CCCN(Cc1nc2cc(Cl)ccc2c(=O)[nH]1)C(=O)CCc1ccccc1OC. The molecule has 1 amide bonds. The van der Waals surface area contributed by atoms with Gasteiger partial charge in [0.15, 0.2) is 0 Å². The number of hydrogen-bond acceptors (Lipinski definition) is 4. The van der Waals surface area contributed by atoms with Crippen molar-refractivity contribution in [1.29, 1.82) is 0 Å². The van der Waals surface area contributed by atoms with Gasteiger partial charge in [0.2, 0.25) is 5.91 Å². The van der Waals surface area contributed by atoms with E-state index in [4.69, 9.17) is 16.3 Å². The van der Waals surface area contributed by atoms with E-state index in [2.05, 4.69) is 9.97 Å². The van der Waals surface area contributed by atoms with Crippen molar-refractivity contribution in [1.82, 2.24) is 14.9 Å². The van der Waals surface area contributed by atoms with Crippen LogP contribution in [0.5, 0.6) is 5.75 Å². The molecule has 0 atom stereocenters. The van der Waals surface area contributed by atoms with E-state index in [1.807, 2.05) is 31.2 Å². The number of para-hydroxylation sites is 1. The van der Waals surface area contributed by atoms with E-state index in [1.165, 1.54) is 0 Å². The van der Waals surface area contributed by atoms with E-state index in [9.17, 15) is 9.59 Å². The largest absolute Gasteiger partial charge is 0.496 e. The second kappa shape index (κ2) is 9.56. The molecule has 1 N–H and O–H groups in total. The molecule has 3 rings (SSSR count). The van der Waals surface area contributed by atoms with E-state index in [1.54, 1.807) is 30.2 Å². The van der Waals surface area contributed by atoms with E-state index in [0.29, 0.717) is 41.1 Å². The average Bonchev–Trinajstić information content (AvgIpc) is 2.71. The van der Waals surface area contributed by atoms with Crippen molar-refractivity contribution in [2.75, 3.05) is 13.7 Å². The highest BCUT2D eigenvalue weighted by atomic mass is 35.5. The second-order valence-electron chi connectivity index (χ2n) is 6.80. The summed E-state index contributed by atoms with van der Waals surface area (Å²) in [5.41, 5.74) is 1.28. The third-order valence-electron chi connectivity index (χ3n) is 4.71. The van der Waals surface area contributed by atoms with Crippen molar-refractivity contribution in [3.8, 4) is 5.75 Å². The molecule has 3 aromatic rings. The average molecular weight is 414 g/mol. The molecule has 0 fully saturated rings. The topological polar surface area (TPSA) is 75.3 Å². The Morgan fingerprint density at radius 3 is 2.79 bits per heavy atom. The Balaban J connectivity index is 1.76. The fourth-order valence-corrected chi connectivity index (χ4v) is 3.45. The van der Waals surface area contributed by atoms with Gasteiger partial charge < -0.3 is 14.6 Å². The Morgan fingerprint density at radius 1 is 1.24 bits per heavy atom. The zero-order valence-corrected chi connectivity index (χ0v) is 17.3. The predicted octanol–water partition coefficient (Wildman–Crippen LogP) is 3.96.